The zero-order valence-electron chi connectivity index (χ0n) is 16.4. The number of hydrogen-bond donors (Lipinski definition) is 2. The molecule has 1 aromatic rings. The second kappa shape index (κ2) is 9.95. The Kier molecular flexibility index (Phi) is 7.10. The minimum Gasteiger partial charge on any atom is -0.485 e. The molecular weight excluding hydrogens is 374 g/mol. The molecule has 0 spiro atoms. The second-order valence-corrected chi connectivity index (χ2v) is 7.09. The van der Waals surface area contributed by atoms with Crippen LogP contribution in [-0.2, 0) is 14.4 Å². The first-order valence-electron chi connectivity index (χ1n) is 9.94. The van der Waals surface area contributed by atoms with Crippen molar-refractivity contribution in [1.29, 1.82) is 0 Å². The summed E-state index contributed by atoms with van der Waals surface area (Å²) in [6.45, 7) is 4.80. The standard InChI is InChI=1S/C21H27N3O5/c1-2-19(25)22-11-10-20(26)23-13-15-7-5-6-12-24(15)21(27)18-14-28-16-8-3-4-9-17(16)29-18/h2-4,8-9,15,18H,1,5-7,10-14H2,(H,22,25)(H,23,26). The Bertz CT molecular complexity index is 766. The maximum Gasteiger partial charge on any atom is 0.267 e. The Hall–Kier alpha value is -3.03. The zero-order valence-corrected chi connectivity index (χ0v) is 16.4. The van der Waals surface area contributed by atoms with Crippen molar-refractivity contribution in [2.45, 2.75) is 37.8 Å². The molecule has 2 N–H and O–H groups in total. The second-order valence-electron chi connectivity index (χ2n) is 7.09. The van der Waals surface area contributed by atoms with Crippen LogP contribution in [0.1, 0.15) is 25.7 Å². The summed E-state index contributed by atoms with van der Waals surface area (Å²) in [6, 6.07) is 7.21. The topological polar surface area (TPSA) is 97.0 Å². The average Bonchev–Trinajstić information content (AvgIpc) is 2.77. The molecule has 0 bridgehead atoms. The van der Waals surface area contributed by atoms with Crippen molar-refractivity contribution in [3.63, 3.8) is 0 Å². The molecule has 8 nitrogen and oxygen atoms in total. The highest BCUT2D eigenvalue weighted by molar-refractivity contribution is 5.87. The fourth-order valence-corrected chi connectivity index (χ4v) is 3.52. The Morgan fingerprint density at radius 2 is 1.97 bits per heavy atom. The molecule has 1 fully saturated rings. The number of hydrogen-bond acceptors (Lipinski definition) is 5. The van der Waals surface area contributed by atoms with Gasteiger partial charge in [0.25, 0.3) is 5.91 Å². The highest BCUT2D eigenvalue weighted by Crippen LogP contribution is 2.31. The molecule has 2 unspecified atom stereocenters. The summed E-state index contributed by atoms with van der Waals surface area (Å²) in [6.07, 6.45) is 3.41. The van der Waals surface area contributed by atoms with Gasteiger partial charge in [-0.15, -0.1) is 0 Å². The number of rotatable bonds is 7. The highest BCUT2D eigenvalue weighted by atomic mass is 16.6. The summed E-state index contributed by atoms with van der Waals surface area (Å²) in [5.41, 5.74) is 0. The Morgan fingerprint density at radius 1 is 1.17 bits per heavy atom. The van der Waals surface area contributed by atoms with E-state index in [-0.39, 0.29) is 43.3 Å². The number of nitrogens with zero attached hydrogens (tertiary/aromatic N) is 1. The fraction of sp³-hybridized carbons (Fsp3) is 0.476. The molecular formula is C21H27N3O5. The van der Waals surface area contributed by atoms with Crippen LogP contribution >= 0.6 is 0 Å². The van der Waals surface area contributed by atoms with Crippen molar-refractivity contribution in [3.8, 4) is 11.5 Å². The van der Waals surface area contributed by atoms with E-state index in [1.165, 1.54) is 6.08 Å². The lowest BCUT2D eigenvalue weighted by Crippen LogP contribution is -2.55. The fourth-order valence-electron chi connectivity index (χ4n) is 3.52. The van der Waals surface area contributed by atoms with Gasteiger partial charge < -0.3 is 25.0 Å². The lowest BCUT2D eigenvalue weighted by Gasteiger charge is -2.38. The predicted octanol–water partition coefficient (Wildman–Crippen LogP) is 1.02. The number of ether oxygens (including phenoxy) is 2. The molecule has 2 atom stereocenters. The molecule has 8 heteroatoms. The summed E-state index contributed by atoms with van der Waals surface area (Å²) in [4.78, 5) is 38.0. The van der Waals surface area contributed by atoms with Gasteiger partial charge in [-0.25, -0.2) is 0 Å². The van der Waals surface area contributed by atoms with E-state index in [1.54, 1.807) is 11.0 Å². The third-order valence-corrected chi connectivity index (χ3v) is 5.07. The van der Waals surface area contributed by atoms with E-state index < -0.39 is 6.10 Å². The average molecular weight is 401 g/mol. The quantitative estimate of drug-likeness (QED) is 0.665. The molecule has 0 aromatic heterocycles. The van der Waals surface area contributed by atoms with Crippen molar-refractivity contribution in [1.82, 2.24) is 15.5 Å². The van der Waals surface area contributed by atoms with Gasteiger partial charge in [-0.2, -0.15) is 0 Å². The Balaban J connectivity index is 1.51. The van der Waals surface area contributed by atoms with Gasteiger partial charge in [-0.3, -0.25) is 14.4 Å². The lowest BCUT2D eigenvalue weighted by atomic mass is 10.0. The third-order valence-electron chi connectivity index (χ3n) is 5.07. The number of benzene rings is 1. The van der Waals surface area contributed by atoms with Gasteiger partial charge in [0.2, 0.25) is 17.9 Å². The predicted molar refractivity (Wildman–Crippen MR) is 107 cm³/mol. The van der Waals surface area contributed by atoms with Crippen molar-refractivity contribution in [2.24, 2.45) is 0 Å². The van der Waals surface area contributed by atoms with E-state index in [0.717, 1.165) is 19.3 Å². The van der Waals surface area contributed by atoms with E-state index in [0.29, 0.717) is 24.6 Å². The third kappa shape index (κ3) is 5.49. The van der Waals surface area contributed by atoms with E-state index in [2.05, 4.69) is 17.2 Å². The van der Waals surface area contributed by atoms with Crippen molar-refractivity contribution >= 4 is 17.7 Å². The largest absolute Gasteiger partial charge is 0.485 e. The first-order chi connectivity index (χ1) is 14.1. The van der Waals surface area contributed by atoms with Crippen LogP contribution in [0, 0.1) is 0 Å². The molecule has 0 aliphatic carbocycles. The molecule has 2 heterocycles. The van der Waals surface area contributed by atoms with E-state index in [1.807, 2.05) is 18.2 Å². The first kappa shape index (κ1) is 20.7. The number of nitrogens with one attached hydrogen (secondary N) is 2. The molecule has 0 radical (unpaired) electrons. The molecule has 29 heavy (non-hydrogen) atoms. The molecule has 2 aliphatic heterocycles. The first-order valence-corrected chi connectivity index (χ1v) is 9.94. The van der Waals surface area contributed by atoms with Crippen LogP contribution in [0.4, 0.5) is 0 Å². The summed E-state index contributed by atoms with van der Waals surface area (Å²) in [7, 11) is 0. The van der Waals surface area contributed by atoms with Crippen LogP contribution in [0.25, 0.3) is 0 Å². The van der Waals surface area contributed by atoms with Crippen LogP contribution in [0.2, 0.25) is 0 Å². The minimum atomic E-state index is -0.685. The van der Waals surface area contributed by atoms with Gasteiger partial charge in [0.05, 0.1) is 0 Å². The van der Waals surface area contributed by atoms with Gasteiger partial charge in [-0.05, 0) is 37.5 Å². The SMILES string of the molecule is C=CC(=O)NCCC(=O)NCC1CCCCN1C(=O)C1COc2ccccc2O1. The number of carbonyl (C=O) groups is 3. The van der Waals surface area contributed by atoms with Crippen LogP contribution in [0.5, 0.6) is 11.5 Å². The molecule has 3 rings (SSSR count). The van der Waals surface area contributed by atoms with E-state index in [9.17, 15) is 14.4 Å². The zero-order chi connectivity index (χ0) is 20.6. The smallest absolute Gasteiger partial charge is 0.267 e. The van der Waals surface area contributed by atoms with Gasteiger partial charge in [0.15, 0.2) is 11.5 Å². The van der Waals surface area contributed by atoms with Gasteiger partial charge >= 0.3 is 0 Å². The number of fused-ring (bicyclic) bond motifs is 1. The minimum absolute atomic E-state index is 0.0799. The maximum absolute atomic E-state index is 13.0. The van der Waals surface area contributed by atoms with Gasteiger partial charge in [0, 0.05) is 32.1 Å². The maximum atomic E-state index is 13.0. The Labute approximate surface area is 170 Å². The summed E-state index contributed by atoms with van der Waals surface area (Å²) >= 11 is 0. The van der Waals surface area contributed by atoms with Crippen molar-refractivity contribution < 1.29 is 23.9 Å². The molecule has 1 saturated heterocycles. The molecule has 156 valence electrons. The van der Waals surface area contributed by atoms with Crippen LogP contribution in [-0.4, -0.2) is 61.0 Å². The van der Waals surface area contributed by atoms with Crippen LogP contribution in [0.15, 0.2) is 36.9 Å². The van der Waals surface area contributed by atoms with Crippen LogP contribution in [0.3, 0.4) is 0 Å². The van der Waals surface area contributed by atoms with E-state index in [4.69, 9.17) is 9.47 Å². The van der Waals surface area contributed by atoms with Crippen molar-refractivity contribution in [2.75, 3.05) is 26.2 Å². The molecule has 3 amide bonds. The van der Waals surface area contributed by atoms with Crippen molar-refractivity contribution in [3.05, 3.63) is 36.9 Å². The van der Waals surface area contributed by atoms with Gasteiger partial charge in [0.1, 0.15) is 6.61 Å². The number of amides is 3. The monoisotopic (exact) mass is 401 g/mol. The molecule has 1 aromatic carbocycles. The summed E-state index contributed by atoms with van der Waals surface area (Å²) < 4.78 is 11.5. The normalized spacial score (nSPS) is 20.5. The number of carbonyl (C=O) groups excluding carboxylic acids is 3. The lowest BCUT2D eigenvalue weighted by molar-refractivity contribution is -0.145. The summed E-state index contributed by atoms with van der Waals surface area (Å²) in [5.74, 6) is 0.622. The summed E-state index contributed by atoms with van der Waals surface area (Å²) in [5, 5.41) is 5.43. The highest BCUT2D eigenvalue weighted by Gasteiger charge is 2.35. The number of para-hydroxylation sites is 2. The number of piperidine rings is 1. The van der Waals surface area contributed by atoms with Gasteiger partial charge in [-0.1, -0.05) is 18.7 Å². The molecule has 0 saturated carbocycles. The molecule has 2 aliphatic rings. The van der Waals surface area contributed by atoms with Crippen LogP contribution < -0.4 is 20.1 Å². The Morgan fingerprint density at radius 3 is 2.76 bits per heavy atom. The number of likely N-dealkylation sites (tertiary alicyclic amines) is 1. The van der Waals surface area contributed by atoms with E-state index >= 15 is 0 Å².